The zero-order chi connectivity index (χ0) is 15.4. The van der Waals surface area contributed by atoms with Crippen molar-refractivity contribution in [3.8, 4) is 0 Å². The highest BCUT2D eigenvalue weighted by molar-refractivity contribution is 6.30. The minimum Gasteiger partial charge on any atom is -0.383 e. The molecule has 1 saturated carbocycles. The molecule has 1 fully saturated rings. The topological polar surface area (TPSA) is 29.5 Å². The monoisotopic (exact) mass is 317 g/mol. The number of ether oxygens (including phenoxy) is 1. The van der Waals surface area contributed by atoms with Crippen LogP contribution in [0, 0.1) is 5.92 Å². The van der Waals surface area contributed by atoms with E-state index in [-0.39, 0.29) is 30.9 Å². The van der Waals surface area contributed by atoms with Gasteiger partial charge in [0.05, 0.1) is 13.2 Å². The fourth-order valence-electron chi connectivity index (χ4n) is 2.44. The summed E-state index contributed by atoms with van der Waals surface area (Å²) in [6.07, 6.45) is -1.83. The van der Waals surface area contributed by atoms with Gasteiger partial charge in [-0.3, -0.25) is 4.79 Å². The Morgan fingerprint density at radius 2 is 2.10 bits per heavy atom. The van der Waals surface area contributed by atoms with Crippen LogP contribution in [0.1, 0.15) is 17.9 Å². The van der Waals surface area contributed by atoms with Crippen molar-refractivity contribution in [2.45, 2.75) is 18.8 Å². The predicted molar refractivity (Wildman–Crippen MR) is 76.8 cm³/mol. The SMILES string of the molecule is COCCN(CC(F)F)C(=O)[C@H]1C[C@H]1c1ccc(Cl)cc1. The van der Waals surface area contributed by atoms with Crippen LogP contribution in [-0.4, -0.2) is 44.0 Å². The van der Waals surface area contributed by atoms with Crippen LogP contribution in [0.25, 0.3) is 0 Å². The summed E-state index contributed by atoms with van der Waals surface area (Å²) in [5.74, 6) is -0.313. The van der Waals surface area contributed by atoms with Gasteiger partial charge in [-0.05, 0) is 30.0 Å². The van der Waals surface area contributed by atoms with Gasteiger partial charge < -0.3 is 9.64 Å². The maximum Gasteiger partial charge on any atom is 0.255 e. The van der Waals surface area contributed by atoms with Gasteiger partial charge in [0.1, 0.15) is 0 Å². The molecule has 0 bridgehead atoms. The van der Waals surface area contributed by atoms with E-state index in [0.717, 1.165) is 5.56 Å². The first-order valence-electron chi connectivity index (χ1n) is 6.84. The van der Waals surface area contributed by atoms with Crippen LogP contribution >= 0.6 is 11.6 Å². The molecule has 1 aromatic carbocycles. The predicted octanol–water partition coefficient (Wildman–Crippen LogP) is 3.18. The Bertz CT molecular complexity index is 481. The van der Waals surface area contributed by atoms with E-state index in [9.17, 15) is 13.6 Å². The normalized spacial score (nSPS) is 20.6. The zero-order valence-electron chi connectivity index (χ0n) is 11.8. The Balaban J connectivity index is 1.97. The molecule has 0 aliphatic heterocycles. The van der Waals surface area contributed by atoms with Gasteiger partial charge in [0.25, 0.3) is 6.43 Å². The van der Waals surface area contributed by atoms with Gasteiger partial charge in [0, 0.05) is 24.6 Å². The summed E-state index contributed by atoms with van der Waals surface area (Å²) in [5.41, 5.74) is 1.03. The molecule has 116 valence electrons. The molecule has 0 N–H and O–H groups in total. The summed E-state index contributed by atoms with van der Waals surface area (Å²) in [7, 11) is 1.48. The third-order valence-electron chi connectivity index (χ3n) is 3.64. The van der Waals surface area contributed by atoms with Crippen molar-refractivity contribution in [3.63, 3.8) is 0 Å². The van der Waals surface area contributed by atoms with E-state index in [0.29, 0.717) is 11.4 Å². The fourth-order valence-corrected chi connectivity index (χ4v) is 2.57. The number of rotatable bonds is 7. The van der Waals surface area contributed by atoms with Crippen LogP contribution in [0.2, 0.25) is 5.02 Å². The summed E-state index contributed by atoms with van der Waals surface area (Å²) in [5, 5.41) is 0.640. The Morgan fingerprint density at radius 1 is 1.43 bits per heavy atom. The van der Waals surface area contributed by atoms with Crippen LogP contribution < -0.4 is 0 Å². The van der Waals surface area contributed by atoms with Crippen molar-refractivity contribution in [2.75, 3.05) is 26.8 Å². The molecule has 0 unspecified atom stereocenters. The van der Waals surface area contributed by atoms with Gasteiger partial charge in [0.2, 0.25) is 5.91 Å². The molecule has 1 amide bonds. The maximum atomic E-state index is 12.6. The maximum absolute atomic E-state index is 12.6. The van der Waals surface area contributed by atoms with Gasteiger partial charge in [-0.15, -0.1) is 0 Å². The van der Waals surface area contributed by atoms with Crippen LogP contribution in [-0.2, 0) is 9.53 Å². The zero-order valence-corrected chi connectivity index (χ0v) is 12.5. The molecular weight excluding hydrogens is 300 g/mol. The molecule has 0 aromatic heterocycles. The minimum atomic E-state index is -2.53. The minimum absolute atomic E-state index is 0.109. The van der Waals surface area contributed by atoms with Gasteiger partial charge in [-0.2, -0.15) is 0 Å². The standard InChI is InChI=1S/C15H18ClF2NO2/c1-21-7-6-19(9-14(17)18)15(20)13-8-12(13)10-2-4-11(16)5-3-10/h2-5,12-14H,6-9H2,1H3/t12-,13-/m0/s1. The van der Waals surface area contributed by atoms with Crippen molar-refractivity contribution in [2.24, 2.45) is 5.92 Å². The molecule has 1 aliphatic rings. The Hall–Kier alpha value is -1.20. The molecule has 0 spiro atoms. The van der Waals surface area contributed by atoms with E-state index in [2.05, 4.69) is 0 Å². The number of carbonyl (C=O) groups is 1. The lowest BCUT2D eigenvalue weighted by atomic mass is 10.1. The number of hydrogen-bond donors (Lipinski definition) is 0. The van der Waals surface area contributed by atoms with Crippen molar-refractivity contribution in [1.29, 1.82) is 0 Å². The van der Waals surface area contributed by atoms with Crippen molar-refractivity contribution in [3.05, 3.63) is 34.9 Å². The van der Waals surface area contributed by atoms with E-state index in [1.165, 1.54) is 12.0 Å². The Labute approximate surface area is 127 Å². The number of alkyl halides is 2. The molecule has 0 saturated heterocycles. The number of nitrogens with zero attached hydrogens (tertiary/aromatic N) is 1. The highest BCUT2D eigenvalue weighted by atomic mass is 35.5. The van der Waals surface area contributed by atoms with E-state index in [1.54, 1.807) is 12.1 Å². The van der Waals surface area contributed by atoms with E-state index < -0.39 is 13.0 Å². The van der Waals surface area contributed by atoms with Crippen molar-refractivity contribution >= 4 is 17.5 Å². The first-order valence-corrected chi connectivity index (χ1v) is 7.22. The van der Waals surface area contributed by atoms with Crippen LogP contribution in [0.4, 0.5) is 8.78 Å². The van der Waals surface area contributed by atoms with Crippen LogP contribution in [0.3, 0.4) is 0 Å². The van der Waals surface area contributed by atoms with Crippen molar-refractivity contribution in [1.82, 2.24) is 4.90 Å². The lowest BCUT2D eigenvalue weighted by Gasteiger charge is -2.22. The van der Waals surface area contributed by atoms with Crippen LogP contribution in [0.5, 0.6) is 0 Å². The average Bonchev–Trinajstić information content (AvgIpc) is 3.23. The first-order chi connectivity index (χ1) is 10.0. The molecule has 2 atom stereocenters. The summed E-state index contributed by atoms with van der Waals surface area (Å²) >= 11 is 5.83. The third kappa shape index (κ3) is 4.38. The first kappa shape index (κ1) is 16.2. The third-order valence-corrected chi connectivity index (χ3v) is 3.89. The number of halogens is 3. The molecule has 3 nitrogen and oxygen atoms in total. The molecule has 1 aliphatic carbocycles. The molecule has 0 radical (unpaired) electrons. The molecule has 0 heterocycles. The van der Waals surface area contributed by atoms with Gasteiger partial charge in [-0.25, -0.2) is 8.78 Å². The van der Waals surface area contributed by atoms with E-state index in [1.807, 2.05) is 12.1 Å². The molecule has 21 heavy (non-hydrogen) atoms. The number of methoxy groups -OCH3 is 1. The molecule has 1 aromatic rings. The van der Waals surface area contributed by atoms with Gasteiger partial charge in [0.15, 0.2) is 0 Å². The van der Waals surface area contributed by atoms with E-state index in [4.69, 9.17) is 16.3 Å². The second-order valence-electron chi connectivity index (χ2n) is 5.17. The highest BCUT2D eigenvalue weighted by Gasteiger charge is 2.45. The average molecular weight is 318 g/mol. The lowest BCUT2D eigenvalue weighted by Crippen LogP contribution is -2.38. The highest BCUT2D eigenvalue weighted by Crippen LogP contribution is 2.48. The Kier molecular flexibility index (Phi) is 5.53. The summed E-state index contributed by atoms with van der Waals surface area (Å²) in [6, 6.07) is 7.32. The number of amides is 1. The van der Waals surface area contributed by atoms with E-state index >= 15 is 0 Å². The summed E-state index contributed by atoms with van der Waals surface area (Å²) in [6.45, 7) is -0.0770. The second-order valence-corrected chi connectivity index (χ2v) is 5.60. The molecule has 2 rings (SSSR count). The van der Waals surface area contributed by atoms with Crippen molar-refractivity contribution < 1.29 is 18.3 Å². The second kappa shape index (κ2) is 7.18. The van der Waals surface area contributed by atoms with Crippen LogP contribution in [0.15, 0.2) is 24.3 Å². The summed E-state index contributed by atoms with van der Waals surface area (Å²) < 4.78 is 30.0. The molecular formula is C15H18ClF2NO2. The Morgan fingerprint density at radius 3 is 2.67 bits per heavy atom. The lowest BCUT2D eigenvalue weighted by molar-refractivity contribution is -0.135. The number of carbonyl (C=O) groups excluding carboxylic acids is 1. The number of benzene rings is 1. The largest absolute Gasteiger partial charge is 0.383 e. The summed E-state index contributed by atoms with van der Waals surface area (Å²) in [4.78, 5) is 13.5. The quantitative estimate of drug-likeness (QED) is 0.773. The van der Waals surface area contributed by atoms with Gasteiger partial charge in [-0.1, -0.05) is 23.7 Å². The number of hydrogen-bond acceptors (Lipinski definition) is 2. The van der Waals surface area contributed by atoms with Gasteiger partial charge >= 0.3 is 0 Å². The fraction of sp³-hybridized carbons (Fsp3) is 0.533. The smallest absolute Gasteiger partial charge is 0.255 e. The molecule has 6 heteroatoms.